The number of hydrogen-bond donors (Lipinski definition) is 1. The van der Waals surface area contributed by atoms with Crippen LogP contribution in [0.15, 0.2) is 47.4 Å². The Labute approximate surface area is 179 Å². The summed E-state index contributed by atoms with van der Waals surface area (Å²) in [5.41, 5.74) is 9.27. The van der Waals surface area contributed by atoms with Gasteiger partial charge in [-0.1, -0.05) is 18.2 Å². The predicted molar refractivity (Wildman–Crippen MR) is 118 cm³/mol. The maximum atomic E-state index is 12.8. The van der Waals surface area contributed by atoms with Crippen LogP contribution in [-0.2, 0) is 14.8 Å². The van der Waals surface area contributed by atoms with Gasteiger partial charge in [-0.15, -0.1) is 0 Å². The van der Waals surface area contributed by atoms with E-state index in [4.69, 9.17) is 10.5 Å². The highest BCUT2D eigenvalue weighted by atomic mass is 32.2. The van der Waals surface area contributed by atoms with E-state index in [0.717, 1.165) is 4.31 Å². The number of sulfonamides is 1. The third-order valence-corrected chi connectivity index (χ3v) is 7.03. The van der Waals surface area contributed by atoms with Crippen LogP contribution < -0.4 is 5.73 Å². The van der Waals surface area contributed by atoms with Crippen molar-refractivity contribution in [1.29, 1.82) is 0 Å². The van der Waals surface area contributed by atoms with Gasteiger partial charge in [-0.05, 0) is 36.8 Å². The number of hydrogen-bond acceptors (Lipinski definition) is 7. The summed E-state index contributed by atoms with van der Waals surface area (Å²) in [4.78, 5) is 21.9. The Morgan fingerprint density at radius 3 is 2.35 bits per heavy atom. The summed E-state index contributed by atoms with van der Waals surface area (Å²) in [5, 5.41) is 0. The van der Waals surface area contributed by atoms with Gasteiger partial charge in [-0.3, -0.25) is 4.57 Å². The number of fused-ring (bicyclic) bond motifs is 2. The highest BCUT2D eigenvalue weighted by Gasteiger charge is 2.27. The zero-order chi connectivity index (χ0) is 22.5. The third kappa shape index (κ3) is 3.20. The number of ether oxygens (including phenoxy) is 1. The number of esters is 1. The monoisotopic (exact) mass is 439 g/mol. The molecule has 4 aromatic rings. The smallest absolute Gasteiger partial charge is 0.343 e. The molecule has 0 saturated carbocycles. The summed E-state index contributed by atoms with van der Waals surface area (Å²) in [6.45, 7) is 1.71. The van der Waals surface area contributed by atoms with Crippen LogP contribution in [0.5, 0.6) is 0 Å². The molecule has 2 aromatic heterocycles. The molecule has 2 aromatic carbocycles. The van der Waals surface area contributed by atoms with Gasteiger partial charge in [-0.25, -0.2) is 27.5 Å². The maximum Gasteiger partial charge on any atom is 0.343 e. The zero-order valence-electron chi connectivity index (χ0n) is 17.4. The lowest BCUT2D eigenvalue weighted by atomic mass is 10.2. The second-order valence-corrected chi connectivity index (χ2v) is 9.33. The predicted octanol–water partition coefficient (Wildman–Crippen LogP) is 2.50. The molecule has 0 atom stereocenters. The molecule has 0 spiro atoms. The average molecular weight is 439 g/mol. The normalized spacial score (nSPS) is 12.0. The summed E-state index contributed by atoms with van der Waals surface area (Å²) in [5.74, 6) is -0.590. The molecule has 0 aliphatic heterocycles. The lowest BCUT2D eigenvalue weighted by Gasteiger charge is -2.16. The number of nitrogens with two attached hydrogens (primary N) is 1. The van der Waals surface area contributed by atoms with Crippen LogP contribution in [0.25, 0.3) is 27.9 Å². The van der Waals surface area contributed by atoms with Crippen LogP contribution in [-0.4, -0.2) is 54.4 Å². The third-order valence-electron chi connectivity index (χ3n) is 5.08. The van der Waals surface area contributed by atoms with E-state index in [0.29, 0.717) is 27.9 Å². The molecule has 0 saturated heterocycles. The van der Waals surface area contributed by atoms with Gasteiger partial charge in [0.25, 0.3) is 0 Å². The summed E-state index contributed by atoms with van der Waals surface area (Å²) in [6, 6.07) is 12.1. The van der Waals surface area contributed by atoms with Gasteiger partial charge < -0.3 is 10.5 Å². The van der Waals surface area contributed by atoms with Crippen molar-refractivity contribution in [3.8, 4) is 5.69 Å². The second-order valence-electron chi connectivity index (χ2n) is 7.21. The molecule has 10 heteroatoms. The molecular weight excluding hydrogens is 418 g/mol. The number of benzene rings is 2. The average Bonchev–Trinajstić information content (AvgIpc) is 3.02. The fraction of sp³-hybridized carbons (Fsp3) is 0.190. The number of para-hydroxylation sites is 2. The number of rotatable bonds is 4. The summed E-state index contributed by atoms with van der Waals surface area (Å²) in [6.07, 6.45) is 0. The molecule has 9 nitrogen and oxygen atoms in total. The largest absolute Gasteiger partial charge is 0.465 e. The Hall–Kier alpha value is -3.50. The van der Waals surface area contributed by atoms with E-state index >= 15 is 0 Å². The fourth-order valence-corrected chi connectivity index (χ4v) is 4.57. The number of aryl methyl sites for hydroxylation is 1. The molecule has 31 heavy (non-hydrogen) atoms. The van der Waals surface area contributed by atoms with Gasteiger partial charge in [0, 0.05) is 14.1 Å². The van der Waals surface area contributed by atoms with E-state index in [1.807, 2.05) is 12.1 Å². The quantitative estimate of drug-likeness (QED) is 0.485. The highest BCUT2D eigenvalue weighted by Crippen LogP contribution is 2.33. The second kappa shape index (κ2) is 7.33. The van der Waals surface area contributed by atoms with Crippen LogP contribution in [0.4, 0.5) is 5.82 Å². The first-order valence-electron chi connectivity index (χ1n) is 9.35. The standard InChI is InChI=1S/C21H21N5O4S/c1-12-9-10-13(11-16(12)31(28,29)25(2)3)26-19(22)17(21(27)30-4)18-20(26)24-15-8-6-5-7-14(15)23-18/h5-11H,22H2,1-4H3. The fourth-order valence-electron chi connectivity index (χ4n) is 3.43. The van der Waals surface area contributed by atoms with Gasteiger partial charge >= 0.3 is 5.97 Å². The number of anilines is 1. The Balaban J connectivity index is 2.10. The molecule has 0 radical (unpaired) electrons. The van der Waals surface area contributed by atoms with E-state index in [1.165, 1.54) is 31.8 Å². The first kappa shape index (κ1) is 20.8. The van der Waals surface area contributed by atoms with Gasteiger partial charge in [0.1, 0.15) is 16.9 Å². The van der Waals surface area contributed by atoms with E-state index in [-0.39, 0.29) is 21.8 Å². The van der Waals surface area contributed by atoms with Gasteiger partial charge in [0.2, 0.25) is 10.0 Å². The van der Waals surface area contributed by atoms with Crippen LogP contribution in [0.2, 0.25) is 0 Å². The van der Waals surface area contributed by atoms with Crippen molar-refractivity contribution in [3.05, 3.63) is 53.6 Å². The molecule has 4 rings (SSSR count). The van der Waals surface area contributed by atoms with Crippen molar-refractivity contribution < 1.29 is 17.9 Å². The van der Waals surface area contributed by atoms with Crippen LogP contribution >= 0.6 is 0 Å². The number of methoxy groups -OCH3 is 1. The number of carbonyl (C=O) groups is 1. The van der Waals surface area contributed by atoms with E-state index in [1.54, 1.807) is 31.2 Å². The van der Waals surface area contributed by atoms with E-state index < -0.39 is 16.0 Å². The Morgan fingerprint density at radius 1 is 1.10 bits per heavy atom. The first-order valence-corrected chi connectivity index (χ1v) is 10.8. The lowest BCUT2D eigenvalue weighted by Crippen LogP contribution is -2.23. The molecule has 0 aliphatic carbocycles. The SMILES string of the molecule is COC(=O)c1c(N)n(-c2ccc(C)c(S(=O)(=O)N(C)C)c2)c2nc3ccccc3nc12. The molecule has 0 amide bonds. The van der Waals surface area contributed by atoms with Crippen LogP contribution in [0.3, 0.4) is 0 Å². The van der Waals surface area contributed by atoms with Crippen LogP contribution in [0.1, 0.15) is 15.9 Å². The summed E-state index contributed by atoms with van der Waals surface area (Å²) < 4.78 is 33.2. The molecular formula is C21H21N5O4S. The number of aromatic nitrogens is 3. The number of carbonyl (C=O) groups excluding carboxylic acids is 1. The minimum atomic E-state index is -3.70. The van der Waals surface area contributed by atoms with Crippen LogP contribution in [0, 0.1) is 6.92 Å². The van der Waals surface area contributed by atoms with Crippen molar-refractivity contribution >= 4 is 44.0 Å². The minimum Gasteiger partial charge on any atom is -0.465 e. The first-order chi connectivity index (χ1) is 14.7. The minimum absolute atomic E-state index is 0.0641. The molecule has 160 valence electrons. The molecule has 0 aliphatic rings. The number of nitrogens with zero attached hydrogens (tertiary/aromatic N) is 4. The van der Waals surface area contributed by atoms with Gasteiger partial charge in [0.05, 0.1) is 28.7 Å². The van der Waals surface area contributed by atoms with Gasteiger partial charge in [-0.2, -0.15) is 0 Å². The summed E-state index contributed by atoms with van der Waals surface area (Å²) in [7, 11) is 0.488. The lowest BCUT2D eigenvalue weighted by molar-refractivity contribution is 0.0604. The molecule has 0 fully saturated rings. The van der Waals surface area contributed by atoms with Crippen molar-refractivity contribution in [3.63, 3.8) is 0 Å². The summed E-state index contributed by atoms with van der Waals surface area (Å²) >= 11 is 0. The number of nitrogen functional groups attached to an aromatic ring is 1. The molecule has 2 N–H and O–H groups in total. The van der Waals surface area contributed by atoms with Gasteiger partial charge in [0.15, 0.2) is 5.65 Å². The van der Waals surface area contributed by atoms with Crippen molar-refractivity contribution in [2.45, 2.75) is 11.8 Å². The molecule has 2 heterocycles. The van der Waals surface area contributed by atoms with E-state index in [2.05, 4.69) is 9.97 Å². The topological polar surface area (TPSA) is 120 Å². The molecule has 0 bridgehead atoms. The maximum absolute atomic E-state index is 12.8. The Bertz CT molecular complexity index is 1460. The van der Waals surface area contributed by atoms with Crippen molar-refractivity contribution in [2.24, 2.45) is 0 Å². The Morgan fingerprint density at radius 2 is 1.74 bits per heavy atom. The molecule has 0 unspecified atom stereocenters. The van der Waals surface area contributed by atoms with Crippen molar-refractivity contribution in [1.82, 2.24) is 18.8 Å². The van der Waals surface area contributed by atoms with Crippen molar-refractivity contribution in [2.75, 3.05) is 26.9 Å². The highest BCUT2D eigenvalue weighted by molar-refractivity contribution is 7.89. The Kier molecular flexibility index (Phi) is 4.91. The zero-order valence-corrected chi connectivity index (χ0v) is 18.3. The van der Waals surface area contributed by atoms with E-state index in [9.17, 15) is 13.2 Å².